The van der Waals surface area contributed by atoms with Gasteiger partial charge in [-0.15, -0.1) is 0 Å². The summed E-state index contributed by atoms with van der Waals surface area (Å²) in [6.45, 7) is 2.89. The molecule has 0 saturated carbocycles. The maximum Gasteiger partial charge on any atom is 0.315 e. The van der Waals surface area contributed by atoms with Gasteiger partial charge in [0.1, 0.15) is 5.41 Å². The monoisotopic (exact) mass is 210 g/mol. The molecule has 0 radical (unpaired) electrons. The number of aliphatic carboxylic acids is 1. The van der Waals surface area contributed by atoms with E-state index >= 15 is 0 Å². The van der Waals surface area contributed by atoms with E-state index in [9.17, 15) is 14.9 Å². The largest absolute Gasteiger partial charge is 0.481 e. The summed E-state index contributed by atoms with van der Waals surface area (Å²) in [5.74, 6) is -1.07. The molecule has 0 aliphatic carbocycles. The maximum absolute atomic E-state index is 10.9. The Labute approximate surface area is 85.7 Å². The number of pyridine rings is 1. The lowest BCUT2D eigenvalue weighted by Crippen LogP contribution is -2.29. The molecule has 0 bridgehead atoms. The predicted octanol–water partition coefficient (Wildman–Crippen LogP) is 1.35. The SMILES string of the molecule is CC(C)(C(=O)O)c1cc([N+](=O)[O-])ccn1. The van der Waals surface area contributed by atoms with Crippen molar-refractivity contribution in [3.05, 3.63) is 34.1 Å². The zero-order chi connectivity index (χ0) is 11.6. The van der Waals surface area contributed by atoms with Gasteiger partial charge in [0.2, 0.25) is 0 Å². The number of carboxylic acid groups (broad SMARTS) is 1. The van der Waals surface area contributed by atoms with Crippen LogP contribution in [0.25, 0.3) is 0 Å². The molecule has 80 valence electrons. The average Bonchev–Trinajstić information content (AvgIpc) is 2.17. The van der Waals surface area contributed by atoms with E-state index in [0.717, 1.165) is 0 Å². The first-order valence-electron chi connectivity index (χ1n) is 4.20. The van der Waals surface area contributed by atoms with Crippen LogP contribution in [-0.4, -0.2) is 21.0 Å². The molecule has 0 atom stereocenters. The molecule has 1 N–H and O–H groups in total. The van der Waals surface area contributed by atoms with Gasteiger partial charge in [0.05, 0.1) is 10.6 Å². The van der Waals surface area contributed by atoms with Crippen LogP contribution in [0.4, 0.5) is 5.69 Å². The predicted molar refractivity (Wildman–Crippen MR) is 51.6 cm³/mol. The fraction of sp³-hybridized carbons (Fsp3) is 0.333. The van der Waals surface area contributed by atoms with Crippen LogP contribution in [0.1, 0.15) is 19.5 Å². The number of nitro groups is 1. The summed E-state index contributed by atoms with van der Waals surface area (Å²) in [5.41, 5.74) is -1.22. The van der Waals surface area contributed by atoms with Gasteiger partial charge in [-0.25, -0.2) is 0 Å². The summed E-state index contributed by atoms with van der Waals surface area (Å²) in [6.07, 6.45) is 1.23. The minimum atomic E-state index is -1.23. The van der Waals surface area contributed by atoms with Crippen molar-refractivity contribution in [2.24, 2.45) is 0 Å². The number of rotatable bonds is 3. The van der Waals surface area contributed by atoms with Crippen molar-refractivity contribution in [3.8, 4) is 0 Å². The van der Waals surface area contributed by atoms with E-state index in [1.54, 1.807) is 0 Å². The molecule has 1 rings (SSSR count). The Bertz CT molecular complexity index is 414. The summed E-state index contributed by atoms with van der Waals surface area (Å²) in [6, 6.07) is 2.40. The molecule has 0 aliphatic rings. The van der Waals surface area contributed by atoms with Crippen LogP contribution in [0.2, 0.25) is 0 Å². The van der Waals surface area contributed by atoms with Crippen LogP contribution in [0, 0.1) is 10.1 Å². The smallest absolute Gasteiger partial charge is 0.315 e. The molecule has 0 aliphatic heterocycles. The van der Waals surface area contributed by atoms with Crippen molar-refractivity contribution >= 4 is 11.7 Å². The second-order valence-electron chi connectivity index (χ2n) is 3.59. The Morgan fingerprint density at radius 2 is 2.20 bits per heavy atom. The zero-order valence-corrected chi connectivity index (χ0v) is 8.30. The fourth-order valence-corrected chi connectivity index (χ4v) is 0.984. The standard InChI is InChI=1S/C9H10N2O4/c1-9(2,8(12)13)7-5-6(11(14)15)3-4-10-7/h3-5H,1-2H3,(H,12,13). The highest BCUT2D eigenvalue weighted by Crippen LogP contribution is 2.24. The molecule has 0 spiro atoms. The van der Waals surface area contributed by atoms with Gasteiger partial charge >= 0.3 is 5.97 Å². The van der Waals surface area contributed by atoms with Crippen LogP contribution >= 0.6 is 0 Å². The Kier molecular flexibility index (Phi) is 2.69. The highest BCUT2D eigenvalue weighted by Gasteiger charge is 2.32. The van der Waals surface area contributed by atoms with Gasteiger partial charge in [0.15, 0.2) is 0 Å². The number of carboxylic acids is 1. The minimum Gasteiger partial charge on any atom is -0.481 e. The van der Waals surface area contributed by atoms with Crippen molar-refractivity contribution in [1.82, 2.24) is 4.98 Å². The molecular formula is C9H10N2O4. The Balaban J connectivity index is 3.21. The summed E-state index contributed by atoms with van der Waals surface area (Å²) in [7, 11) is 0. The maximum atomic E-state index is 10.9. The third kappa shape index (κ3) is 2.09. The van der Waals surface area contributed by atoms with Crippen molar-refractivity contribution in [2.75, 3.05) is 0 Å². The van der Waals surface area contributed by atoms with E-state index in [1.165, 1.54) is 32.2 Å². The van der Waals surface area contributed by atoms with Gasteiger partial charge < -0.3 is 5.11 Å². The zero-order valence-electron chi connectivity index (χ0n) is 8.30. The Morgan fingerprint density at radius 1 is 1.60 bits per heavy atom. The van der Waals surface area contributed by atoms with Gasteiger partial charge in [0, 0.05) is 18.3 Å². The second kappa shape index (κ2) is 3.64. The molecule has 0 fully saturated rings. The summed E-state index contributed by atoms with van der Waals surface area (Å²) < 4.78 is 0. The van der Waals surface area contributed by atoms with Crippen molar-refractivity contribution in [2.45, 2.75) is 19.3 Å². The first kappa shape index (κ1) is 11.1. The lowest BCUT2D eigenvalue weighted by Gasteiger charge is -2.17. The molecule has 0 aromatic carbocycles. The van der Waals surface area contributed by atoms with Crippen LogP contribution in [-0.2, 0) is 10.2 Å². The quantitative estimate of drug-likeness (QED) is 0.600. The molecule has 6 heteroatoms. The van der Waals surface area contributed by atoms with Gasteiger partial charge in [-0.05, 0) is 13.8 Å². The van der Waals surface area contributed by atoms with Crippen molar-refractivity contribution in [1.29, 1.82) is 0 Å². The van der Waals surface area contributed by atoms with E-state index in [1.807, 2.05) is 0 Å². The summed E-state index contributed by atoms with van der Waals surface area (Å²) in [4.78, 5) is 24.6. The first-order chi connectivity index (χ1) is 6.85. The van der Waals surface area contributed by atoms with Crippen LogP contribution in [0.5, 0.6) is 0 Å². The highest BCUT2D eigenvalue weighted by molar-refractivity contribution is 5.79. The number of nitrogens with zero attached hydrogens (tertiary/aromatic N) is 2. The molecule has 0 saturated heterocycles. The Hall–Kier alpha value is -1.98. The normalized spacial score (nSPS) is 11.1. The topological polar surface area (TPSA) is 93.3 Å². The third-order valence-electron chi connectivity index (χ3n) is 2.13. The molecule has 1 heterocycles. The summed E-state index contributed by atoms with van der Waals surface area (Å²) in [5, 5.41) is 19.4. The Morgan fingerprint density at radius 3 is 2.67 bits per heavy atom. The molecule has 1 aromatic rings. The number of hydrogen-bond donors (Lipinski definition) is 1. The van der Waals surface area contributed by atoms with Gasteiger partial charge in [0.25, 0.3) is 5.69 Å². The summed E-state index contributed by atoms with van der Waals surface area (Å²) >= 11 is 0. The first-order valence-corrected chi connectivity index (χ1v) is 4.20. The molecule has 0 unspecified atom stereocenters. The number of carbonyl (C=O) groups is 1. The van der Waals surface area contributed by atoms with Crippen LogP contribution < -0.4 is 0 Å². The van der Waals surface area contributed by atoms with E-state index in [4.69, 9.17) is 5.11 Å². The molecule has 15 heavy (non-hydrogen) atoms. The lowest BCUT2D eigenvalue weighted by atomic mass is 9.89. The molecule has 0 amide bonds. The second-order valence-corrected chi connectivity index (χ2v) is 3.59. The van der Waals surface area contributed by atoms with E-state index in [2.05, 4.69) is 4.98 Å². The van der Waals surface area contributed by atoms with Crippen molar-refractivity contribution < 1.29 is 14.8 Å². The molecule has 6 nitrogen and oxygen atoms in total. The third-order valence-corrected chi connectivity index (χ3v) is 2.13. The average molecular weight is 210 g/mol. The number of hydrogen-bond acceptors (Lipinski definition) is 4. The lowest BCUT2D eigenvalue weighted by molar-refractivity contribution is -0.385. The number of aromatic nitrogens is 1. The van der Waals surface area contributed by atoms with E-state index < -0.39 is 16.3 Å². The van der Waals surface area contributed by atoms with Crippen LogP contribution in [0.3, 0.4) is 0 Å². The van der Waals surface area contributed by atoms with Gasteiger partial charge in [-0.2, -0.15) is 0 Å². The van der Waals surface area contributed by atoms with Crippen molar-refractivity contribution in [3.63, 3.8) is 0 Å². The van der Waals surface area contributed by atoms with E-state index in [-0.39, 0.29) is 11.4 Å². The van der Waals surface area contributed by atoms with E-state index in [0.29, 0.717) is 0 Å². The molecular weight excluding hydrogens is 200 g/mol. The minimum absolute atomic E-state index is 0.158. The van der Waals surface area contributed by atoms with Gasteiger partial charge in [-0.1, -0.05) is 0 Å². The van der Waals surface area contributed by atoms with Gasteiger partial charge in [-0.3, -0.25) is 19.9 Å². The van der Waals surface area contributed by atoms with Crippen LogP contribution in [0.15, 0.2) is 18.3 Å². The highest BCUT2D eigenvalue weighted by atomic mass is 16.6. The molecule has 1 aromatic heterocycles. The fourth-order valence-electron chi connectivity index (χ4n) is 0.984.